The number of alkyl halides is 3. The highest BCUT2D eigenvalue weighted by atomic mass is 32.2. The number of ether oxygens (including phenoxy) is 1. The molecule has 12 heteroatoms. The second-order valence-electron chi connectivity index (χ2n) is 10.1. The summed E-state index contributed by atoms with van der Waals surface area (Å²) in [4.78, 5) is 12.8. The molecule has 0 radical (unpaired) electrons. The highest BCUT2D eigenvalue weighted by molar-refractivity contribution is 7.92. The monoisotopic (exact) mass is 539 g/mol. The molecule has 0 aliphatic heterocycles. The molecule has 0 spiro atoms. The second-order valence-corrected chi connectivity index (χ2v) is 12.3. The maximum Gasteiger partial charge on any atom is 0.416 e. The fourth-order valence-electron chi connectivity index (χ4n) is 4.90. The Morgan fingerprint density at radius 1 is 1.27 bits per heavy atom. The van der Waals surface area contributed by atoms with Gasteiger partial charge in [0.2, 0.25) is 5.91 Å². The summed E-state index contributed by atoms with van der Waals surface area (Å²) in [5.41, 5.74) is -1.65. The maximum atomic E-state index is 13.9. The van der Waals surface area contributed by atoms with E-state index in [1.165, 1.54) is 13.8 Å². The van der Waals surface area contributed by atoms with E-state index >= 15 is 0 Å². The van der Waals surface area contributed by atoms with Crippen molar-refractivity contribution >= 4 is 15.7 Å². The lowest BCUT2D eigenvalue weighted by Gasteiger charge is -2.22. The molecule has 2 aliphatic carbocycles. The minimum atomic E-state index is -4.69. The number of carbonyl (C=O) groups excluding carboxylic acids is 1. The lowest BCUT2D eigenvalue weighted by atomic mass is 10.0. The number of benzene rings is 1. The zero-order valence-corrected chi connectivity index (χ0v) is 21.7. The van der Waals surface area contributed by atoms with E-state index in [4.69, 9.17) is 9.26 Å². The van der Waals surface area contributed by atoms with Crippen LogP contribution in [0.4, 0.5) is 13.2 Å². The van der Waals surface area contributed by atoms with Gasteiger partial charge in [-0.3, -0.25) is 4.79 Å². The predicted octanol–water partition coefficient (Wildman–Crippen LogP) is 4.50. The van der Waals surface area contributed by atoms with Gasteiger partial charge < -0.3 is 14.6 Å². The molecule has 0 unspecified atom stereocenters. The fraction of sp³-hybridized carbons (Fsp3) is 0.560. The Balaban J connectivity index is 1.74. The summed E-state index contributed by atoms with van der Waals surface area (Å²) in [6.45, 7) is 6.55. The standard InChI is InChI=1S/C25H28F3N3O5S/c1-13(2)35-20-11-17(10-18(20)23(32)30-24(12-29)7-8-24)37(33,34)21-6-5-16(25(26,27)28)9-19(21)22-14(3)31-36-15(22)4/h5-6,9,13,17-18,20H,7-8,10-11H2,1-4H3,(H,30,32)/t17-,18-,20-/m0/s1. The van der Waals surface area contributed by atoms with Crippen LogP contribution >= 0.6 is 0 Å². The van der Waals surface area contributed by atoms with Gasteiger partial charge in [0, 0.05) is 11.1 Å². The van der Waals surface area contributed by atoms with Gasteiger partial charge in [0.25, 0.3) is 0 Å². The van der Waals surface area contributed by atoms with Crippen LogP contribution in [0.1, 0.15) is 56.5 Å². The van der Waals surface area contributed by atoms with Crippen molar-refractivity contribution in [2.45, 2.75) is 87.4 Å². The molecule has 2 aliphatic rings. The van der Waals surface area contributed by atoms with Gasteiger partial charge in [0.1, 0.15) is 11.3 Å². The molecule has 8 nitrogen and oxygen atoms in total. The molecule has 1 amide bonds. The largest absolute Gasteiger partial charge is 0.416 e. The number of sulfone groups is 1. The molecule has 4 rings (SSSR count). The molecule has 1 aromatic carbocycles. The molecular weight excluding hydrogens is 511 g/mol. The maximum absolute atomic E-state index is 13.9. The third-order valence-corrected chi connectivity index (χ3v) is 9.16. The van der Waals surface area contributed by atoms with Crippen molar-refractivity contribution in [2.75, 3.05) is 0 Å². The highest BCUT2D eigenvalue weighted by Gasteiger charge is 2.51. The molecule has 2 aromatic rings. The molecule has 0 bridgehead atoms. The smallest absolute Gasteiger partial charge is 0.375 e. The Hall–Kier alpha value is -2.91. The Bertz CT molecular complexity index is 1340. The number of amides is 1. The van der Waals surface area contributed by atoms with Crippen LogP contribution in [-0.4, -0.2) is 42.5 Å². The number of nitriles is 1. The Labute approximate surface area is 213 Å². The number of carbonyl (C=O) groups is 1. The summed E-state index contributed by atoms with van der Waals surface area (Å²) < 4.78 is 79.5. The SMILES string of the molecule is Cc1noc(C)c1-c1cc(C(F)(F)F)ccc1S(=O)(=O)[C@@H]1C[C@H](OC(C)C)[C@@H](C(=O)NC2(C#N)CC2)C1. The Morgan fingerprint density at radius 2 is 1.95 bits per heavy atom. The minimum Gasteiger partial charge on any atom is -0.375 e. The van der Waals surface area contributed by atoms with Crippen LogP contribution in [0.5, 0.6) is 0 Å². The molecule has 1 N–H and O–H groups in total. The van der Waals surface area contributed by atoms with Crippen molar-refractivity contribution < 1.29 is 35.6 Å². The van der Waals surface area contributed by atoms with Crippen LogP contribution in [0.15, 0.2) is 27.6 Å². The topological polar surface area (TPSA) is 122 Å². The number of nitrogens with one attached hydrogen (secondary N) is 1. The number of halogens is 3. The molecule has 1 aromatic heterocycles. The van der Waals surface area contributed by atoms with Gasteiger partial charge >= 0.3 is 6.18 Å². The van der Waals surface area contributed by atoms with Crippen LogP contribution in [-0.2, 0) is 25.5 Å². The van der Waals surface area contributed by atoms with E-state index in [9.17, 15) is 31.6 Å². The van der Waals surface area contributed by atoms with Crippen molar-refractivity contribution in [3.63, 3.8) is 0 Å². The van der Waals surface area contributed by atoms with Gasteiger partial charge in [-0.2, -0.15) is 18.4 Å². The van der Waals surface area contributed by atoms with Crippen LogP contribution in [0.25, 0.3) is 11.1 Å². The van der Waals surface area contributed by atoms with Crippen molar-refractivity contribution in [2.24, 2.45) is 5.92 Å². The fourth-order valence-corrected chi connectivity index (χ4v) is 6.89. The van der Waals surface area contributed by atoms with Gasteiger partial charge in [0.15, 0.2) is 9.84 Å². The van der Waals surface area contributed by atoms with Gasteiger partial charge in [-0.05, 0) is 71.6 Å². The molecule has 2 fully saturated rings. The zero-order chi connectivity index (χ0) is 27.3. The zero-order valence-electron chi connectivity index (χ0n) is 20.8. The number of hydrogen-bond donors (Lipinski definition) is 1. The van der Waals surface area contributed by atoms with Crippen molar-refractivity contribution in [3.8, 4) is 17.2 Å². The molecule has 2 saturated carbocycles. The number of aryl methyl sites for hydroxylation is 2. The predicted molar refractivity (Wildman–Crippen MR) is 126 cm³/mol. The summed E-state index contributed by atoms with van der Waals surface area (Å²) in [5.74, 6) is -1.10. The highest BCUT2D eigenvalue weighted by Crippen LogP contribution is 2.43. The van der Waals surface area contributed by atoms with Crippen LogP contribution < -0.4 is 5.32 Å². The average Bonchev–Trinajstić information content (AvgIpc) is 3.31. The normalized spacial score (nSPS) is 23.2. The van der Waals surface area contributed by atoms with Gasteiger partial charge in [-0.25, -0.2) is 8.42 Å². The first-order valence-electron chi connectivity index (χ1n) is 12.0. The van der Waals surface area contributed by atoms with Gasteiger partial charge in [-0.1, -0.05) is 5.16 Å². The van der Waals surface area contributed by atoms with E-state index in [1.807, 2.05) is 0 Å². The molecule has 0 saturated heterocycles. The van der Waals surface area contributed by atoms with Crippen molar-refractivity contribution in [1.29, 1.82) is 5.26 Å². The quantitative estimate of drug-likeness (QED) is 0.550. The first kappa shape index (κ1) is 27.1. The van der Waals surface area contributed by atoms with Gasteiger partial charge in [0.05, 0.1) is 45.6 Å². The number of rotatable bonds is 7. The second kappa shape index (κ2) is 9.44. The van der Waals surface area contributed by atoms with Gasteiger partial charge in [-0.15, -0.1) is 0 Å². The van der Waals surface area contributed by atoms with Crippen molar-refractivity contribution in [1.82, 2.24) is 10.5 Å². The number of aromatic nitrogens is 1. The lowest BCUT2D eigenvalue weighted by Crippen LogP contribution is -2.43. The molecule has 3 atom stereocenters. The third-order valence-electron chi connectivity index (χ3n) is 6.93. The minimum absolute atomic E-state index is 0.0137. The Morgan fingerprint density at radius 3 is 2.46 bits per heavy atom. The van der Waals surface area contributed by atoms with E-state index in [0.29, 0.717) is 12.8 Å². The summed E-state index contributed by atoms with van der Waals surface area (Å²) in [5, 5.41) is 14.8. The van der Waals surface area contributed by atoms with Crippen molar-refractivity contribution in [3.05, 3.63) is 35.2 Å². The average molecular weight is 540 g/mol. The Kier molecular flexibility index (Phi) is 6.92. The van der Waals surface area contributed by atoms with E-state index in [0.717, 1.165) is 18.2 Å². The van der Waals surface area contributed by atoms with Crippen LogP contribution in [0.3, 0.4) is 0 Å². The van der Waals surface area contributed by atoms with E-state index in [1.54, 1.807) is 13.8 Å². The van der Waals surface area contributed by atoms with Crippen LogP contribution in [0, 0.1) is 31.1 Å². The number of nitrogens with zero attached hydrogens (tertiary/aromatic N) is 2. The van der Waals surface area contributed by atoms with E-state index in [2.05, 4.69) is 16.5 Å². The summed E-state index contributed by atoms with van der Waals surface area (Å²) >= 11 is 0. The molecule has 200 valence electrons. The first-order chi connectivity index (χ1) is 17.2. The third kappa shape index (κ3) is 5.25. The number of hydrogen-bond acceptors (Lipinski definition) is 7. The summed E-state index contributed by atoms with van der Waals surface area (Å²) in [6, 6.07) is 4.57. The molecular formula is C25H28F3N3O5S. The van der Waals surface area contributed by atoms with Crippen LogP contribution in [0.2, 0.25) is 0 Å². The summed E-state index contributed by atoms with van der Waals surface area (Å²) in [7, 11) is -4.22. The molecule has 1 heterocycles. The molecule has 37 heavy (non-hydrogen) atoms. The first-order valence-corrected chi connectivity index (χ1v) is 13.5. The summed E-state index contributed by atoms with van der Waals surface area (Å²) in [6.07, 6.45) is -4.78. The van der Waals surface area contributed by atoms with E-state index in [-0.39, 0.29) is 46.4 Å². The lowest BCUT2D eigenvalue weighted by molar-refractivity contribution is -0.137. The van der Waals surface area contributed by atoms with E-state index < -0.39 is 50.3 Å².